The third-order valence-corrected chi connectivity index (χ3v) is 3.32. The molecule has 1 heterocycles. The van der Waals surface area contributed by atoms with Crippen molar-refractivity contribution >= 4 is 17.0 Å². The van der Waals surface area contributed by atoms with Crippen molar-refractivity contribution in [2.75, 3.05) is 12.3 Å². The molecule has 1 aromatic carbocycles. The highest BCUT2D eigenvalue weighted by molar-refractivity contribution is 7.09. The first-order valence-electron chi connectivity index (χ1n) is 5.30. The van der Waals surface area contributed by atoms with Crippen LogP contribution >= 0.6 is 11.3 Å². The maximum atomic E-state index is 5.82. The predicted molar refractivity (Wildman–Crippen MR) is 68.5 cm³/mol. The van der Waals surface area contributed by atoms with E-state index in [1.807, 2.05) is 24.3 Å². The van der Waals surface area contributed by atoms with E-state index in [0.29, 0.717) is 6.61 Å². The van der Waals surface area contributed by atoms with E-state index in [1.54, 1.807) is 11.3 Å². The number of thiophene rings is 1. The molecule has 2 N–H and O–H groups in total. The predicted octanol–water partition coefficient (Wildman–Crippen LogP) is 3.09. The number of benzene rings is 1. The Morgan fingerprint density at radius 1 is 1.12 bits per heavy atom. The Morgan fingerprint density at radius 3 is 2.75 bits per heavy atom. The first-order valence-corrected chi connectivity index (χ1v) is 6.18. The number of hydrogen-bond donors (Lipinski definition) is 1. The van der Waals surface area contributed by atoms with Gasteiger partial charge in [0.05, 0.1) is 13.2 Å². The SMILES string of the molecule is Nc1ccccc1COCCc1cccs1. The van der Waals surface area contributed by atoms with E-state index in [-0.39, 0.29) is 0 Å². The molecule has 2 nitrogen and oxygen atoms in total. The van der Waals surface area contributed by atoms with E-state index < -0.39 is 0 Å². The quantitative estimate of drug-likeness (QED) is 0.636. The summed E-state index contributed by atoms with van der Waals surface area (Å²) in [5, 5.41) is 2.09. The number of para-hydroxylation sites is 1. The maximum Gasteiger partial charge on any atom is 0.0737 e. The zero-order valence-corrected chi connectivity index (χ0v) is 9.87. The molecular formula is C13H15NOS. The second-order valence-corrected chi connectivity index (χ2v) is 4.61. The van der Waals surface area contributed by atoms with Gasteiger partial charge < -0.3 is 10.5 Å². The molecule has 0 amide bonds. The monoisotopic (exact) mass is 233 g/mol. The molecule has 0 aliphatic rings. The van der Waals surface area contributed by atoms with Crippen LogP contribution in [0.1, 0.15) is 10.4 Å². The van der Waals surface area contributed by atoms with Crippen LogP contribution in [0.25, 0.3) is 0 Å². The Morgan fingerprint density at radius 2 is 2.00 bits per heavy atom. The Hall–Kier alpha value is -1.32. The molecule has 0 saturated carbocycles. The van der Waals surface area contributed by atoms with E-state index >= 15 is 0 Å². The largest absolute Gasteiger partial charge is 0.398 e. The van der Waals surface area contributed by atoms with Crippen LogP contribution in [0.4, 0.5) is 5.69 Å². The molecule has 0 saturated heterocycles. The van der Waals surface area contributed by atoms with Crippen molar-refractivity contribution in [3.8, 4) is 0 Å². The summed E-state index contributed by atoms with van der Waals surface area (Å²) in [6.45, 7) is 1.34. The van der Waals surface area contributed by atoms with Crippen LogP contribution in [0.15, 0.2) is 41.8 Å². The molecule has 3 heteroatoms. The standard InChI is InChI=1S/C13H15NOS/c14-13-6-2-1-4-11(13)10-15-8-7-12-5-3-9-16-12/h1-6,9H,7-8,10,14H2. The highest BCUT2D eigenvalue weighted by Crippen LogP contribution is 2.13. The van der Waals surface area contributed by atoms with Gasteiger partial charge in [0.2, 0.25) is 0 Å². The van der Waals surface area contributed by atoms with Gasteiger partial charge >= 0.3 is 0 Å². The molecule has 0 spiro atoms. The third kappa shape index (κ3) is 3.08. The molecule has 1 aromatic heterocycles. The number of anilines is 1. The molecule has 2 rings (SSSR count). The van der Waals surface area contributed by atoms with Gasteiger partial charge in [0.25, 0.3) is 0 Å². The highest BCUT2D eigenvalue weighted by Gasteiger charge is 1.98. The number of nitrogen functional groups attached to an aromatic ring is 1. The summed E-state index contributed by atoms with van der Waals surface area (Å²) in [7, 11) is 0. The molecule has 0 atom stereocenters. The van der Waals surface area contributed by atoms with Crippen molar-refractivity contribution in [1.29, 1.82) is 0 Å². The number of ether oxygens (including phenoxy) is 1. The smallest absolute Gasteiger partial charge is 0.0737 e. The van der Waals surface area contributed by atoms with Crippen LogP contribution < -0.4 is 5.73 Å². The van der Waals surface area contributed by atoms with Crippen LogP contribution in [-0.2, 0) is 17.8 Å². The lowest BCUT2D eigenvalue weighted by Gasteiger charge is -2.06. The van der Waals surface area contributed by atoms with Crippen molar-refractivity contribution in [3.63, 3.8) is 0 Å². The van der Waals surface area contributed by atoms with Gasteiger partial charge in [0.15, 0.2) is 0 Å². The van der Waals surface area contributed by atoms with Gasteiger partial charge in [-0.2, -0.15) is 0 Å². The highest BCUT2D eigenvalue weighted by atomic mass is 32.1. The van der Waals surface area contributed by atoms with Crippen molar-refractivity contribution < 1.29 is 4.74 Å². The number of rotatable bonds is 5. The van der Waals surface area contributed by atoms with Gasteiger partial charge in [0.1, 0.15) is 0 Å². The van der Waals surface area contributed by atoms with Gasteiger partial charge in [-0.05, 0) is 17.5 Å². The van der Waals surface area contributed by atoms with Gasteiger partial charge in [0, 0.05) is 22.5 Å². The average Bonchev–Trinajstić information content (AvgIpc) is 2.79. The lowest BCUT2D eigenvalue weighted by Crippen LogP contribution is -2.00. The van der Waals surface area contributed by atoms with E-state index in [4.69, 9.17) is 10.5 Å². The molecular weight excluding hydrogens is 218 g/mol. The van der Waals surface area contributed by atoms with Crippen molar-refractivity contribution in [3.05, 3.63) is 52.2 Å². The van der Waals surface area contributed by atoms with Crippen molar-refractivity contribution in [2.24, 2.45) is 0 Å². The van der Waals surface area contributed by atoms with Crippen LogP contribution in [0.3, 0.4) is 0 Å². The van der Waals surface area contributed by atoms with Gasteiger partial charge in [-0.15, -0.1) is 11.3 Å². The third-order valence-electron chi connectivity index (χ3n) is 2.39. The van der Waals surface area contributed by atoms with Crippen molar-refractivity contribution in [1.82, 2.24) is 0 Å². The Kier molecular flexibility index (Phi) is 3.97. The lowest BCUT2D eigenvalue weighted by molar-refractivity contribution is 0.124. The lowest BCUT2D eigenvalue weighted by atomic mass is 10.2. The molecule has 0 radical (unpaired) electrons. The van der Waals surface area contributed by atoms with E-state index in [1.165, 1.54) is 4.88 Å². The summed E-state index contributed by atoms with van der Waals surface area (Å²) >= 11 is 1.77. The first kappa shape index (κ1) is 11.2. The average molecular weight is 233 g/mol. The van der Waals surface area contributed by atoms with Crippen molar-refractivity contribution in [2.45, 2.75) is 13.0 Å². The maximum absolute atomic E-state index is 5.82. The van der Waals surface area contributed by atoms with E-state index in [9.17, 15) is 0 Å². The molecule has 0 fully saturated rings. The second kappa shape index (κ2) is 5.68. The Bertz CT molecular complexity index is 425. The van der Waals surface area contributed by atoms with Crippen LogP contribution in [0.5, 0.6) is 0 Å². The molecule has 0 aliphatic heterocycles. The van der Waals surface area contributed by atoms with E-state index in [2.05, 4.69) is 17.5 Å². The minimum atomic E-state index is 0.595. The van der Waals surface area contributed by atoms with Gasteiger partial charge in [-0.25, -0.2) is 0 Å². The fourth-order valence-electron chi connectivity index (χ4n) is 1.48. The molecule has 2 aromatic rings. The fourth-order valence-corrected chi connectivity index (χ4v) is 2.17. The van der Waals surface area contributed by atoms with Gasteiger partial charge in [-0.3, -0.25) is 0 Å². The Labute approximate surface area is 99.7 Å². The zero-order chi connectivity index (χ0) is 11.2. The molecule has 84 valence electrons. The fraction of sp³-hybridized carbons (Fsp3) is 0.231. The summed E-state index contributed by atoms with van der Waals surface area (Å²) in [6, 6.07) is 12.0. The summed E-state index contributed by atoms with van der Waals surface area (Å²) in [5.41, 5.74) is 7.69. The number of hydrogen-bond acceptors (Lipinski definition) is 3. The van der Waals surface area contributed by atoms with Crippen LogP contribution in [0, 0.1) is 0 Å². The zero-order valence-electron chi connectivity index (χ0n) is 9.06. The van der Waals surface area contributed by atoms with Crippen LogP contribution in [-0.4, -0.2) is 6.61 Å². The molecule has 16 heavy (non-hydrogen) atoms. The molecule has 0 aliphatic carbocycles. The number of nitrogens with two attached hydrogens (primary N) is 1. The second-order valence-electron chi connectivity index (χ2n) is 3.58. The topological polar surface area (TPSA) is 35.2 Å². The first-order chi connectivity index (χ1) is 7.86. The van der Waals surface area contributed by atoms with Crippen LogP contribution in [0.2, 0.25) is 0 Å². The summed E-state index contributed by atoms with van der Waals surface area (Å²) in [4.78, 5) is 1.36. The van der Waals surface area contributed by atoms with Gasteiger partial charge in [-0.1, -0.05) is 24.3 Å². The minimum Gasteiger partial charge on any atom is -0.398 e. The molecule has 0 unspecified atom stereocenters. The minimum absolute atomic E-state index is 0.595. The Balaban J connectivity index is 1.74. The normalized spacial score (nSPS) is 10.5. The summed E-state index contributed by atoms with van der Waals surface area (Å²) < 4.78 is 5.60. The summed E-state index contributed by atoms with van der Waals surface area (Å²) in [5.74, 6) is 0. The molecule has 0 bridgehead atoms. The van der Waals surface area contributed by atoms with E-state index in [0.717, 1.165) is 24.3 Å². The summed E-state index contributed by atoms with van der Waals surface area (Å²) in [6.07, 6.45) is 0.977.